The van der Waals surface area contributed by atoms with Gasteiger partial charge >= 0.3 is 26.2 Å². The molecule has 4 heteroatoms. The molecule has 1 aromatic carbocycles. The summed E-state index contributed by atoms with van der Waals surface area (Å²) < 4.78 is 0. The van der Waals surface area contributed by atoms with Crippen LogP contribution in [0, 0.1) is 0 Å². The maximum atomic E-state index is 2.45. The van der Waals surface area contributed by atoms with E-state index in [4.69, 9.17) is 0 Å². The molecule has 2 aliphatic rings. The van der Waals surface area contributed by atoms with E-state index in [9.17, 15) is 0 Å². The van der Waals surface area contributed by atoms with Crippen molar-refractivity contribution in [2.75, 3.05) is 0 Å². The molecule has 0 saturated carbocycles. The summed E-state index contributed by atoms with van der Waals surface area (Å²) in [6.45, 7) is 4.54. The molecule has 0 saturated heterocycles. The summed E-state index contributed by atoms with van der Waals surface area (Å²) in [4.78, 5) is 0. The monoisotopic (exact) mass is 440 g/mol. The fourth-order valence-electron chi connectivity index (χ4n) is 2.94. The quantitative estimate of drug-likeness (QED) is 0.564. The van der Waals surface area contributed by atoms with Crippen LogP contribution in [0.25, 0.3) is 5.57 Å². The molecular weight excluding hydrogens is 421 g/mol. The van der Waals surface area contributed by atoms with Crippen LogP contribution in [0.15, 0.2) is 58.9 Å². The van der Waals surface area contributed by atoms with Crippen molar-refractivity contribution in [1.29, 1.82) is 0 Å². The van der Waals surface area contributed by atoms with Gasteiger partial charge in [-0.1, -0.05) is 65.2 Å². The molecule has 0 bridgehead atoms. The van der Waals surface area contributed by atoms with E-state index in [0.717, 1.165) is 0 Å². The second kappa shape index (κ2) is 10.8. The molecule has 0 aromatic heterocycles. The molecule has 3 rings (SSSR count). The van der Waals surface area contributed by atoms with E-state index in [1.807, 2.05) is 0 Å². The zero-order chi connectivity index (χ0) is 13.9. The van der Waals surface area contributed by atoms with Crippen LogP contribution in [0.4, 0.5) is 0 Å². The van der Waals surface area contributed by atoms with Gasteiger partial charge in [-0.25, -0.2) is 0 Å². The number of hydrogen-bond acceptors (Lipinski definition) is 0. The third-order valence-corrected chi connectivity index (χ3v) is 5.24. The summed E-state index contributed by atoms with van der Waals surface area (Å²) in [5.41, 5.74) is 5.84. The van der Waals surface area contributed by atoms with Crippen LogP contribution < -0.4 is 24.8 Å². The Balaban J connectivity index is 0.00000161. The number of fused-ring (bicyclic) bond motifs is 1. The number of allylic oxidation sites excluding steroid dienone is 6. The van der Waals surface area contributed by atoms with Crippen molar-refractivity contribution in [3.05, 3.63) is 64.5 Å². The molecule has 0 nitrogen and oxygen atoms in total. The van der Waals surface area contributed by atoms with Crippen molar-refractivity contribution in [3.63, 3.8) is 0 Å². The second-order valence-electron chi connectivity index (χ2n) is 5.46. The summed E-state index contributed by atoms with van der Waals surface area (Å²) in [5, 5.41) is 3.17. The Morgan fingerprint density at radius 3 is 2.09 bits per heavy atom. The first kappa shape index (κ1) is 23.1. The van der Waals surface area contributed by atoms with Gasteiger partial charge < -0.3 is 24.8 Å². The maximum Gasteiger partial charge on any atom is 2.00 e. The van der Waals surface area contributed by atoms with E-state index in [1.165, 1.54) is 50.6 Å². The van der Waals surface area contributed by atoms with Gasteiger partial charge in [-0.3, -0.25) is 0 Å². The van der Waals surface area contributed by atoms with Crippen molar-refractivity contribution >= 4 is 19.1 Å². The van der Waals surface area contributed by atoms with Crippen LogP contribution in [0.1, 0.15) is 45.1 Å². The van der Waals surface area contributed by atoms with Crippen LogP contribution in [0.5, 0.6) is 0 Å². The molecule has 0 unspecified atom stereocenters. The number of benzene rings is 1. The van der Waals surface area contributed by atoms with Crippen molar-refractivity contribution in [3.8, 4) is 0 Å². The third-order valence-electron chi connectivity index (χ3n) is 3.84. The Morgan fingerprint density at radius 2 is 1.48 bits per heavy atom. The molecule has 0 amide bonds. The third kappa shape index (κ3) is 5.02. The van der Waals surface area contributed by atoms with E-state index < -0.39 is 0 Å². The van der Waals surface area contributed by atoms with E-state index in [1.54, 1.807) is 16.2 Å². The molecule has 1 aromatic rings. The SMILES string of the molecule is CCCC1=PC2=C(CCC)C=C(c3ccccc3)C2=C1.[Cl-].[Cl-].[Zr+2]. The molecule has 1 heterocycles. The van der Waals surface area contributed by atoms with E-state index >= 15 is 0 Å². The number of rotatable bonds is 5. The Kier molecular flexibility index (Phi) is 10.9. The fraction of sp³-hybridized carbons (Fsp3) is 0.316. The molecule has 23 heavy (non-hydrogen) atoms. The van der Waals surface area contributed by atoms with Gasteiger partial charge in [0, 0.05) is 5.31 Å². The van der Waals surface area contributed by atoms with Crippen LogP contribution >= 0.6 is 8.20 Å². The van der Waals surface area contributed by atoms with Crippen LogP contribution in [0.2, 0.25) is 0 Å². The van der Waals surface area contributed by atoms with Gasteiger partial charge in [0.15, 0.2) is 0 Å². The summed E-state index contributed by atoms with van der Waals surface area (Å²) in [6, 6.07) is 10.8. The van der Waals surface area contributed by atoms with Crippen LogP contribution in [-0.4, -0.2) is 5.29 Å². The average molecular weight is 442 g/mol. The molecule has 0 radical (unpaired) electrons. The van der Waals surface area contributed by atoms with Gasteiger partial charge in [0.2, 0.25) is 0 Å². The number of hydrogen-bond donors (Lipinski definition) is 0. The normalized spacial score (nSPS) is 15.5. The zero-order valence-electron chi connectivity index (χ0n) is 13.6. The Morgan fingerprint density at radius 1 is 0.826 bits per heavy atom. The molecule has 1 aliphatic carbocycles. The van der Waals surface area contributed by atoms with E-state index in [0.29, 0.717) is 0 Å². The van der Waals surface area contributed by atoms with Gasteiger partial charge in [-0.05, 0) is 52.6 Å². The van der Waals surface area contributed by atoms with Gasteiger partial charge in [0.05, 0.1) is 0 Å². The Bertz CT molecular complexity index is 643. The van der Waals surface area contributed by atoms with Crippen LogP contribution in [-0.2, 0) is 26.2 Å². The molecule has 120 valence electrons. The molecule has 1 aliphatic heterocycles. The topological polar surface area (TPSA) is 0 Å². The Hall–Kier alpha value is 0.0731. The maximum absolute atomic E-state index is 2.45. The Labute approximate surface area is 173 Å². The first-order valence-corrected chi connectivity index (χ1v) is 8.53. The van der Waals surface area contributed by atoms with Crippen molar-refractivity contribution in [2.45, 2.75) is 39.5 Å². The van der Waals surface area contributed by atoms with E-state index in [-0.39, 0.29) is 51.0 Å². The zero-order valence-corrected chi connectivity index (χ0v) is 18.4. The van der Waals surface area contributed by atoms with Gasteiger partial charge in [-0.15, -0.1) is 0 Å². The standard InChI is InChI=1S/C19H21P.2ClH.Zr/c1-3-8-15-12-17(14-10-6-5-7-11-14)18-13-16(9-4-2)20-19(15)18;;;/h5-7,10-13H,3-4,8-9H2,1-2H3;2*1H;/q;;;+2/p-2. The second-order valence-corrected chi connectivity index (χ2v) is 6.70. The first-order valence-electron chi connectivity index (χ1n) is 7.63. The van der Waals surface area contributed by atoms with Crippen molar-refractivity contribution < 1.29 is 51.0 Å². The fourth-order valence-corrected chi connectivity index (χ4v) is 4.38. The van der Waals surface area contributed by atoms with E-state index in [2.05, 4.69) is 56.3 Å². The van der Waals surface area contributed by atoms with Crippen LogP contribution in [0.3, 0.4) is 0 Å². The predicted molar refractivity (Wildman–Crippen MR) is 91.3 cm³/mol. The molecule has 0 N–H and O–H groups in total. The minimum Gasteiger partial charge on any atom is -1.00 e. The smallest absolute Gasteiger partial charge is 1.00 e. The molecule has 0 spiro atoms. The largest absolute Gasteiger partial charge is 2.00 e. The number of halogens is 2. The average Bonchev–Trinajstić information content (AvgIpc) is 3.01. The molecular formula is C19H21Cl2PZr. The predicted octanol–water partition coefficient (Wildman–Crippen LogP) is 0.00200. The first-order chi connectivity index (χ1) is 9.83. The summed E-state index contributed by atoms with van der Waals surface area (Å²) in [6.07, 6.45) is 9.78. The summed E-state index contributed by atoms with van der Waals surface area (Å²) in [5.74, 6) is 0. The van der Waals surface area contributed by atoms with Gasteiger partial charge in [0.1, 0.15) is 0 Å². The van der Waals surface area contributed by atoms with Crippen molar-refractivity contribution in [2.24, 2.45) is 0 Å². The minimum atomic E-state index is 0. The molecule has 0 fully saturated rings. The van der Waals surface area contributed by atoms with Gasteiger partial charge in [0.25, 0.3) is 0 Å². The summed E-state index contributed by atoms with van der Waals surface area (Å²) in [7, 11) is 1.46. The molecule has 0 atom stereocenters. The minimum absolute atomic E-state index is 0. The van der Waals surface area contributed by atoms with Crippen molar-refractivity contribution in [1.82, 2.24) is 0 Å². The van der Waals surface area contributed by atoms with Gasteiger partial charge in [-0.2, -0.15) is 0 Å². The summed E-state index contributed by atoms with van der Waals surface area (Å²) >= 11 is 0.